The number of aromatic nitrogens is 5. The van der Waals surface area contributed by atoms with Crippen LogP contribution >= 0.6 is 11.6 Å². The van der Waals surface area contributed by atoms with Crippen molar-refractivity contribution in [3.63, 3.8) is 0 Å². The summed E-state index contributed by atoms with van der Waals surface area (Å²) in [7, 11) is 0. The van der Waals surface area contributed by atoms with Gasteiger partial charge in [0, 0.05) is 23.3 Å². The van der Waals surface area contributed by atoms with Crippen molar-refractivity contribution in [2.24, 2.45) is 0 Å². The number of pyridine rings is 1. The molecule has 120 valence electrons. The minimum Gasteiger partial charge on any atom is -0.346 e. The average molecular weight is 340 g/mol. The van der Waals surface area contributed by atoms with Crippen molar-refractivity contribution in [3.05, 3.63) is 64.1 Å². The van der Waals surface area contributed by atoms with Crippen molar-refractivity contribution >= 4 is 22.6 Å². The predicted octanol–water partition coefficient (Wildman–Crippen LogP) is 3.32. The number of nitrogens with one attached hydrogen (secondary N) is 2. The average Bonchev–Trinajstić information content (AvgIpc) is 3.21. The maximum atomic E-state index is 11.8. The van der Waals surface area contributed by atoms with Crippen LogP contribution in [-0.2, 0) is 6.42 Å². The zero-order valence-corrected chi connectivity index (χ0v) is 13.6. The number of fused-ring (bicyclic) bond motifs is 1. The van der Waals surface area contributed by atoms with E-state index >= 15 is 0 Å². The molecule has 0 aliphatic heterocycles. The van der Waals surface area contributed by atoms with Crippen molar-refractivity contribution in [1.29, 1.82) is 0 Å². The third-order valence-electron chi connectivity index (χ3n) is 4.06. The Morgan fingerprint density at radius 1 is 1.29 bits per heavy atom. The van der Waals surface area contributed by atoms with Crippen molar-refractivity contribution in [1.82, 2.24) is 24.7 Å². The lowest BCUT2D eigenvalue weighted by atomic mass is 10.0. The molecule has 0 radical (unpaired) electrons. The number of aryl methyl sites for hydroxylation is 1. The maximum Gasteiger partial charge on any atom is 0.347 e. The SMILES string of the molecule is CCc1c[nH]c2ncc(-c3cccc(-n4nc[nH]c4=O)c3)c(Cl)c12. The molecule has 4 aromatic rings. The molecule has 4 rings (SSSR count). The van der Waals surface area contributed by atoms with E-state index in [1.807, 2.05) is 30.5 Å². The van der Waals surface area contributed by atoms with E-state index < -0.39 is 0 Å². The molecule has 7 heteroatoms. The summed E-state index contributed by atoms with van der Waals surface area (Å²) in [6.45, 7) is 2.08. The Morgan fingerprint density at radius 2 is 2.17 bits per heavy atom. The van der Waals surface area contributed by atoms with E-state index in [2.05, 4.69) is 27.0 Å². The summed E-state index contributed by atoms with van der Waals surface area (Å²) in [4.78, 5) is 21.9. The molecule has 0 atom stereocenters. The summed E-state index contributed by atoms with van der Waals surface area (Å²) in [6.07, 6.45) is 5.91. The van der Waals surface area contributed by atoms with E-state index in [1.165, 1.54) is 11.0 Å². The van der Waals surface area contributed by atoms with Gasteiger partial charge in [-0.25, -0.2) is 9.78 Å². The van der Waals surface area contributed by atoms with E-state index in [4.69, 9.17) is 11.6 Å². The van der Waals surface area contributed by atoms with Gasteiger partial charge in [-0.2, -0.15) is 9.78 Å². The van der Waals surface area contributed by atoms with E-state index in [0.29, 0.717) is 10.7 Å². The van der Waals surface area contributed by atoms with Crippen LogP contribution in [0.15, 0.2) is 47.8 Å². The summed E-state index contributed by atoms with van der Waals surface area (Å²) in [5, 5.41) is 5.61. The van der Waals surface area contributed by atoms with Crippen LogP contribution in [0.1, 0.15) is 12.5 Å². The predicted molar refractivity (Wildman–Crippen MR) is 93.7 cm³/mol. The second-order valence-corrected chi connectivity index (χ2v) is 5.81. The van der Waals surface area contributed by atoms with Crippen molar-refractivity contribution in [3.8, 4) is 16.8 Å². The Labute approximate surface area is 142 Å². The number of H-pyrrole nitrogens is 2. The fraction of sp³-hybridized carbons (Fsp3) is 0.118. The van der Waals surface area contributed by atoms with Gasteiger partial charge in [0.05, 0.1) is 10.7 Å². The minimum atomic E-state index is -0.286. The molecule has 0 aliphatic carbocycles. The van der Waals surface area contributed by atoms with Gasteiger partial charge in [0.25, 0.3) is 0 Å². The van der Waals surface area contributed by atoms with Crippen LogP contribution in [0, 0.1) is 0 Å². The van der Waals surface area contributed by atoms with Gasteiger partial charge in [0.15, 0.2) is 0 Å². The van der Waals surface area contributed by atoms with Crippen LogP contribution < -0.4 is 5.69 Å². The van der Waals surface area contributed by atoms with Crippen LogP contribution in [0.4, 0.5) is 0 Å². The normalized spacial score (nSPS) is 11.2. The molecular weight excluding hydrogens is 326 g/mol. The van der Waals surface area contributed by atoms with E-state index in [-0.39, 0.29) is 5.69 Å². The fourth-order valence-electron chi connectivity index (χ4n) is 2.84. The molecule has 0 bridgehead atoms. The van der Waals surface area contributed by atoms with Gasteiger partial charge in [-0.1, -0.05) is 30.7 Å². The summed E-state index contributed by atoms with van der Waals surface area (Å²) < 4.78 is 1.30. The number of hydrogen-bond donors (Lipinski definition) is 2. The molecule has 6 nitrogen and oxygen atoms in total. The first kappa shape index (κ1) is 14.7. The van der Waals surface area contributed by atoms with Crippen LogP contribution in [-0.4, -0.2) is 24.7 Å². The highest BCUT2D eigenvalue weighted by atomic mass is 35.5. The molecule has 3 heterocycles. The summed E-state index contributed by atoms with van der Waals surface area (Å²) >= 11 is 6.66. The number of halogens is 1. The fourth-order valence-corrected chi connectivity index (χ4v) is 3.21. The molecule has 0 unspecified atom stereocenters. The summed E-state index contributed by atoms with van der Waals surface area (Å²) in [5.41, 5.74) is 3.99. The topological polar surface area (TPSA) is 79.4 Å². The van der Waals surface area contributed by atoms with Gasteiger partial charge in [0.2, 0.25) is 0 Å². The van der Waals surface area contributed by atoms with Crippen LogP contribution in [0.5, 0.6) is 0 Å². The number of aromatic amines is 2. The lowest BCUT2D eigenvalue weighted by Gasteiger charge is -2.08. The van der Waals surface area contributed by atoms with Gasteiger partial charge in [-0.3, -0.25) is 4.98 Å². The number of nitrogens with zero attached hydrogens (tertiary/aromatic N) is 3. The standard InChI is InChI=1S/C17H14ClN5O/c1-2-10-7-19-16-14(10)15(18)13(8-20-16)11-4-3-5-12(6-11)23-17(24)21-9-22-23/h3-9H,2H2,1H3,(H,19,20)(H,21,22,24). The minimum absolute atomic E-state index is 0.286. The zero-order valence-electron chi connectivity index (χ0n) is 12.9. The highest BCUT2D eigenvalue weighted by Crippen LogP contribution is 2.35. The smallest absolute Gasteiger partial charge is 0.346 e. The highest BCUT2D eigenvalue weighted by Gasteiger charge is 2.14. The maximum absolute atomic E-state index is 11.8. The molecule has 0 spiro atoms. The molecular formula is C17H14ClN5O. The van der Waals surface area contributed by atoms with Crippen LogP contribution in [0.25, 0.3) is 27.8 Å². The molecule has 0 fully saturated rings. The van der Waals surface area contributed by atoms with Gasteiger partial charge in [-0.05, 0) is 29.7 Å². The number of hydrogen-bond acceptors (Lipinski definition) is 3. The van der Waals surface area contributed by atoms with Crippen LogP contribution in [0.2, 0.25) is 5.02 Å². The lowest BCUT2D eigenvalue weighted by Crippen LogP contribution is -2.15. The molecule has 0 saturated heterocycles. The van der Waals surface area contributed by atoms with E-state index in [0.717, 1.165) is 34.1 Å². The Bertz CT molecular complexity index is 1090. The number of benzene rings is 1. The third-order valence-corrected chi connectivity index (χ3v) is 4.45. The molecule has 1 aromatic carbocycles. The first-order chi connectivity index (χ1) is 11.7. The first-order valence-corrected chi connectivity index (χ1v) is 7.95. The lowest BCUT2D eigenvalue weighted by molar-refractivity contribution is 0.843. The van der Waals surface area contributed by atoms with Crippen LogP contribution in [0.3, 0.4) is 0 Å². The highest BCUT2D eigenvalue weighted by molar-refractivity contribution is 6.38. The Kier molecular flexibility index (Phi) is 3.46. The largest absolute Gasteiger partial charge is 0.347 e. The third kappa shape index (κ3) is 2.23. The zero-order chi connectivity index (χ0) is 16.7. The Hall–Kier alpha value is -2.86. The summed E-state index contributed by atoms with van der Waals surface area (Å²) in [5.74, 6) is 0. The molecule has 0 saturated carbocycles. The van der Waals surface area contributed by atoms with Gasteiger partial charge in [0.1, 0.15) is 12.0 Å². The second-order valence-electron chi connectivity index (χ2n) is 5.43. The second kappa shape index (κ2) is 5.65. The molecule has 0 amide bonds. The monoisotopic (exact) mass is 339 g/mol. The van der Waals surface area contributed by atoms with Crippen molar-refractivity contribution in [2.75, 3.05) is 0 Å². The molecule has 0 aliphatic rings. The van der Waals surface area contributed by atoms with Gasteiger partial charge >= 0.3 is 5.69 Å². The molecule has 3 aromatic heterocycles. The quantitative estimate of drug-likeness (QED) is 0.601. The number of rotatable bonds is 3. The summed E-state index contributed by atoms with van der Waals surface area (Å²) in [6, 6.07) is 7.49. The van der Waals surface area contributed by atoms with Crippen molar-refractivity contribution in [2.45, 2.75) is 13.3 Å². The van der Waals surface area contributed by atoms with Gasteiger partial charge < -0.3 is 4.98 Å². The van der Waals surface area contributed by atoms with E-state index in [9.17, 15) is 4.79 Å². The Morgan fingerprint density at radius 3 is 2.92 bits per heavy atom. The first-order valence-electron chi connectivity index (χ1n) is 7.57. The van der Waals surface area contributed by atoms with Crippen molar-refractivity contribution < 1.29 is 0 Å². The Balaban J connectivity index is 1.91. The molecule has 24 heavy (non-hydrogen) atoms. The van der Waals surface area contributed by atoms with Gasteiger partial charge in [-0.15, -0.1) is 0 Å². The molecule has 2 N–H and O–H groups in total. The van der Waals surface area contributed by atoms with E-state index in [1.54, 1.807) is 6.20 Å².